The molecule has 0 aromatic rings. The largest absolute Gasteiger partial charge is 0.394 e. The quantitative estimate of drug-likeness (QED) is 0.0252. The first-order valence-corrected chi connectivity index (χ1v) is 33.9. The summed E-state index contributed by atoms with van der Waals surface area (Å²) in [5.41, 5.74) is 0. The SMILES string of the molecule is CCCC(=O)CCCCCNC(=O)CN(CC(=O)NCCO[C@@H]1O[C@H](CO)[C@@H](O)[C@H](O)[C@@H]1O)CC(=O)NCCO[C@@H]1O[C@@H](C)[C@@H](O)[C@@H](O)[C@@H]1O.CCNC(=O)CCCCCNC(=O)CN(CC(=O)NCCO[C@@H]1O[C@H](CO)[C@@H](O)[C@H](O)[C@@H]1O)CC(=O)NCCO[C@@H]1O[C@@H](C)[C@@H](O)[C@@H](O)[C@@H]1O. The highest BCUT2D eigenvalue weighted by Crippen LogP contribution is 2.25. The Morgan fingerprint density at radius 1 is 0.330 bits per heavy atom. The van der Waals surface area contributed by atoms with Crippen molar-refractivity contribution >= 4 is 47.1 Å². The predicted octanol–water partition coefficient (Wildman–Crippen LogP) is -10.8. The number of Topliss-reactive ketones (excluding diaryl/α,β-unsaturated/α-hetero) is 1. The third-order valence-electron chi connectivity index (χ3n) is 16.1. The van der Waals surface area contributed by atoms with E-state index in [1.807, 2.05) is 13.8 Å². The first kappa shape index (κ1) is 89.2. The summed E-state index contributed by atoms with van der Waals surface area (Å²) in [7, 11) is 0. The molecule has 0 bridgehead atoms. The lowest BCUT2D eigenvalue weighted by atomic mass is 9.99. The molecule has 4 aliphatic heterocycles. The van der Waals surface area contributed by atoms with Crippen LogP contribution in [0, 0.1) is 0 Å². The van der Waals surface area contributed by atoms with Crippen molar-refractivity contribution in [2.75, 3.05) is 125 Å². The van der Waals surface area contributed by atoms with Crippen molar-refractivity contribution in [1.82, 2.24) is 47.0 Å². The molecule has 4 saturated heterocycles. The highest BCUT2D eigenvalue weighted by Gasteiger charge is 2.47. The average Bonchev–Trinajstić information content (AvgIpc) is 0.842. The third-order valence-corrected chi connectivity index (χ3v) is 16.1. The number of aliphatic hydroxyl groups is 14. The van der Waals surface area contributed by atoms with Gasteiger partial charge in [-0.3, -0.25) is 48.2 Å². The summed E-state index contributed by atoms with van der Waals surface area (Å²) in [5, 5.41) is 156. The maximum atomic E-state index is 12.7. The van der Waals surface area contributed by atoms with E-state index in [0.717, 1.165) is 19.3 Å². The summed E-state index contributed by atoms with van der Waals surface area (Å²) in [6.45, 7) is 3.81. The predicted molar refractivity (Wildman–Crippen MR) is 343 cm³/mol. The summed E-state index contributed by atoms with van der Waals surface area (Å²) < 4.78 is 42.7. The number of carbonyl (C=O) groups excluding carboxylic acids is 8. The van der Waals surface area contributed by atoms with Crippen LogP contribution in [0.1, 0.15) is 91.9 Å². The average molecular weight is 1450 g/mol. The topological polar surface area (TPSA) is 584 Å². The van der Waals surface area contributed by atoms with Gasteiger partial charge in [-0.1, -0.05) is 19.8 Å². The summed E-state index contributed by atoms with van der Waals surface area (Å²) in [5.74, 6) is -2.95. The first-order chi connectivity index (χ1) is 47.6. The van der Waals surface area contributed by atoms with Crippen LogP contribution in [0.25, 0.3) is 0 Å². The van der Waals surface area contributed by atoms with Gasteiger partial charge in [0.15, 0.2) is 25.2 Å². The Morgan fingerprint density at radius 3 is 0.920 bits per heavy atom. The number of hydrogen-bond donors (Lipinski definition) is 21. The number of hydrogen-bond acceptors (Lipinski definition) is 32. The number of nitrogens with zero attached hydrogens (tertiary/aromatic N) is 2. The molecule has 4 heterocycles. The molecule has 20 atom stereocenters. The van der Waals surface area contributed by atoms with E-state index in [1.165, 1.54) is 23.6 Å². The summed E-state index contributed by atoms with van der Waals surface area (Å²) in [4.78, 5) is 102. The van der Waals surface area contributed by atoms with E-state index in [1.54, 1.807) is 0 Å². The van der Waals surface area contributed by atoms with Crippen LogP contribution < -0.4 is 37.2 Å². The second kappa shape index (κ2) is 48.9. The number of rotatable bonds is 45. The van der Waals surface area contributed by atoms with Crippen molar-refractivity contribution in [2.24, 2.45) is 0 Å². The molecule has 580 valence electrons. The second-order valence-electron chi connectivity index (χ2n) is 24.5. The van der Waals surface area contributed by atoms with Gasteiger partial charge in [0.2, 0.25) is 41.4 Å². The molecule has 39 heteroatoms. The van der Waals surface area contributed by atoms with Gasteiger partial charge in [0.1, 0.15) is 91.2 Å². The monoisotopic (exact) mass is 1450 g/mol. The fourth-order valence-corrected chi connectivity index (χ4v) is 10.4. The Morgan fingerprint density at radius 2 is 0.620 bits per heavy atom. The molecule has 7 amide bonds. The molecule has 21 N–H and O–H groups in total. The lowest BCUT2D eigenvalue weighted by Crippen LogP contribution is -2.59. The molecule has 0 aromatic carbocycles. The van der Waals surface area contributed by atoms with Crippen molar-refractivity contribution in [3.05, 3.63) is 0 Å². The molecular formula is C61H111N9O30. The Balaban J connectivity index is 0.000000520. The number of unbranched alkanes of at least 4 members (excludes halogenated alkanes) is 4. The van der Waals surface area contributed by atoms with Crippen LogP contribution in [0.4, 0.5) is 0 Å². The van der Waals surface area contributed by atoms with E-state index in [9.17, 15) is 110 Å². The minimum atomic E-state index is -1.62. The number of aliphatic hydroxyl groups excluding tert-OH is 14. The van der Waals surface area contributed by atoms with Gasteiger partial charge in [0.25, 0.3) is 0 Å². The fourth-order valence-electron chi connectivity index (χ4n) is 10.4. The van der Waals surface area contributed by atoms with Gasteiger partial charge in [0, 0.05) is 65.1 Å². The normalized spacial score (nSPS) is 29.8. The lowest BCUT2D eigenvalue weighted by Gasteiger charge is -2.39. The maximum absolute atomic E-state index is 12.7. The van der Waals surface area contributed by atoms with E-state index in [0.29, 0.717) is 64.6 Å². The number of carbonyl (C=O) groups is 8. The molecule has 0 aromatic heterocycles. The number of amides is 7. The molecule has 39 nitrogen and oxygen atoms in total. The van der Waals surface area contributed by atoms with Gasteiger partial charge in [-0.25, -0.2) is 0 Å². The molecular weight excluding hydrogens is 1340 g/mol. The van der Waals surface area contributed by atoms with Gasteiger partial charge in [-0.15, -0.1) is 0 Å². The Bertz CT molecular complexity index is 2240. The Labute approximate surface area is 579 Å². The molecule has 0 spiro atoms. The van der Waals surface area contributed by atoms with Crippen molar-refractivity contribution in [2.45, 2.75) is 215 Å². The van der Waals surface area contributed by atoms with Crippen molar-refractivity contribution < 1.29 is 148 Å². The maximum Gasteiger partial charge on any atom is 0.234 e. The van der Waals surface area contributed by atoms with Crippen LogP contribution in [0.5, 0.6) is 0 Å². The highest BCUT2D eigenvalue weighted by atomic mass is 16.7. The molecule has 100 heavy (non-hydrogen) atoms. The van der Waals surface area contributed by atoms with Gasteiger partial charge in [0.05, 0.1) is 91.1 Å². The number of ether oxygens (including phenoxy) is 8. The van der Waals surface area contributed by atoms with Gasteiger partial charge in [-0.2, -0.15) is 0 Å². The van der Waals surface area contributed by atoms with Crippen molar-refractivity contribution in [1.29, 1.82) is 0 Å². The minimum Gasteiger partial charge on any atom is -0.394 e. The zero-order chi connectivity index (χ0) is 74.4. The zero-order valence-electron chi connectivity index (χ0n) is 57.2. The Hall–Kier alpha value is -5.00. The number of ketones is 1. The minimum absolute atomic E-state index is 0.0381. The standard InChI is InChI=1S/C31H56N4O15.C30H55N5O15/c1-3-7-19(37)8-5-4-6-9-32-21(38)14-35(15-22(39)33-10-12-47-30-28(45)26(43)24(41)18(2)49-30)16-23(40)34-11-13-48-31-29(46)27(44)25(42)20(17-36)50-31;1-3-31-19(37)7-5-4-6-8-32-20(38)13-35(14-21(39)33-9-11-47-29-27(45)25(43)23(41)17(2)49-29)15-22(40)34-10-12-48-30-28(46)26(44)24(42)18(16-36)50-30/h18,20,24-31,36,41-46H,3-17H2,1-2H3,(H,32,38)(H,33,39)(H,34,40);17-18,23-30,36,41-46H,3-16H2,1-2H3,(H,31,37)(H,32,38)(H,33,39)(H,34,40)/t18-,20+,24+,25+,26+,27-,28-,29-,30+,31+;17-,18+,23+,24+,25+,26-,27-,28-,29+,30+/m00/s1. The Kier molecular flexibility index (Phi) is 43.6. The third kappa shape index (κ3) is 32.8. The molecule has 0 aliphatic carbocycles. The lowest BCUT2D eigenvalue weighted by molar-refractivity contribution is -0.300. The smallest absolute Gasteiger partial charge is 0.234 e. The number of nitrogens with one attached hydrogen (secondary N) is 7. The van der Waals surface area contributed by atoms with E-state index in [4.69, 9.17) is 37.9 Å². The summed E-state index contributed by atoms with van der Waals surface area (Å²) in [6, 6.07) is 0. The van der Waals surface area contributed by atoms with Crippen LogP contribution in [0.15, 0.2) is 0 Å². The van der Waals surface area contributed by atoms with E-state index < -0.39 is 171 Å². The van der Waals surface area contributed by atoms with Crippen molar-refractivity contribution in [3.8, 4) is 0 Å². The summed E-state index contributed by atoms with van der Waals surface area (Å²) >= 11 is 0. The molecule has 0 saturated carbocycles. The van der Waals surface area contributed by atoms with Gasteiger partial charge < -0.3 is 147 Å². The molecule has 4 fully saturated rings. The molecule has 4 rings (SSSR count). The van der Waals surface area contributed by atoms with Gasteiger partial charge in [-0.05, 0) is 52.9 Å². The van der Waals surface area contributed by atoms with Crippen LogP contribution in [-0.4, -0.2) is 376 Å². The second-order valence-corrected chi connectivity index (χ2v) is 24.5. The van der Waals surface area contributed by atoms with Gasteiger partial charge >= 0.3 is 0 Å². The van der Waals surface area contributed by atoms with E-state index >= 15 is 0 Å². The molecule has 0 radical (unpaired) electrons. The molecule has 0 unspecified atom stereocenters. The molecule has 4 aliphatic rings. The summed E-state index contributed by atoms with van der Waals surface area (Å²) in [6.07, 6.45) is -20.9. The first-order valence-electron chi connectivity index (χ1n) is 33.9. The fraction of sp³-hybridized carbons (Fsp3) is 0.869. The van der Waals surface area contributed by atoms with Crippen LogP contribution in [0.2, 0.25) is 0 Å². The van der Waals surface area contributed by atoms with Crippen LogP contribution in [0.3, 0.4) is 0 Å². The zero-order valence-corrected chi connectivity index (χ0v) is 57.2. The van der Waals surface area contributed by atoms with Crippen molar-refractivity contribution in [3.63, 3.8) is 0 Å². The van der Waals surface area contributed by atoms with Crippen LogP contribution in [-0.2, 0) is 76.3 Å². The van der Waals surface area contributed by atoms with E-state index in [2.05, 4.69) is 37.2 Å². The van der Waals surface area contributed by atoms with E-state index in [-0.39, 0.29) is 104 Å². The highest BCUT2D eigenvalue weighted by molar-refractivity contribution is 5.85. The van der Waals surface area contributed by atoms with Crippen LogP contribution >= 0.6 is 0 Å².